The van der Waals surface area contributed by atoms with Gasteiger partial charge in [-0.25, -0.2) is 8.78 Å². The summed E-state index contributed by atoms with van der Waals surface area (Å²) in [7, 11) is 0. The Morgan fingerprint density at radius 3 is 2.24 bits per heavy atom. The zero-order chi connectivity index (χ0) is 15.6. The lowest BCUT2D eigenvalue weighted by Crippen LogP contribution is -2.07. The summed E-state index contributed by atoms with van der Waals surface area (Å²) in [5.41, 5.74) is 6.52. The van der Waals surface area contributed by atoms with Crippen molar-refractivity contribution < 1.29 is 13.5 Å². The van der Waals surface area contributed by atoms with Crippen molar-refractivity contribution in [2.24, 2.45) is 5.73 Å². The molecule has 0 spiro atoms. The highest BCUT2D eigenvalue weighted by Crippen LogP contribution is 2.36. The van der Waals surface area contributed by atoms with Crippen molar-refractivity contribution in [1.82, 2.24) is 0 Å². The number of benzene rings is 2. The molecule has 0 bridgehead atoms. The van der Waals surface area contributed by atoms with E-state index in [2.05, 4.69) is 6.58 Å². The molecular formula is C16H14ClF2NO. The van der Waals surface area contributed by atoms with Gasteiger partial charge in [0.25, 0.3) is 5.92 Å². The van der Waals surface area contributed by atoms with Gasteiger partial charge >= 0.3 is 0 Å². The van der Waals surface area contributed by atoms with Crippen LogP contribution in [0.25, 0.3) is 5.70 Å². The quantitative estimate of drug-likeness (QED) is 0.845. The highest BCUT2D eigenvalue weighted by molar-refractivity contribution is 6.31. The first kappa shape index (κ1) is 15.3. The molecule has 0 radical (unpaired) electrons. The second-order valence-corrected chi connectivity index (χ2v) is 5.09. The molecule has 5 heteroatoms. The average molecular weight is 310 g/mol. The highest BCUT2D eigenvalue weighted by Gasteiger charge is 2.27. The number of alkyl halides is 2. The summed E-state index contributed by atoms with van der Waals surface area (Å²) in [5, 5.41) is 0.00429. The normalized spacial score (nSPS) is 11.2. The van der Waals surface area contributed by atoms with Gasteiger partial charge in [0.15, 0.2) is 0 Å². The fourth-order valence-electron chi connectivity index (χ4n) is 1.78. The molecule has 0 aliphatic heterocycles. The molecule has 2 nitrogen and oxygen atoms in total. The summed E-state index contributed by atoms with van der Waals surface area (Å²) < 4.78 is 32.4. The number of rotatable bonds is 4. The molecule has 2 aromatic carbocycles. The maximum Gasteiger partial charge on any atom is 0.272 e. The number of hydrogen-bond donors (Lipinski definition) is 1. The van der Waals surface area contributed by atoms with E-state index in [9.17, 15) is 8.78 Å². The second kappa shape index (κ2) is 5.74. The summed E-state index contributed by atoms with van der Waals surface area (Å²) in [6.45, 7) is 4.42. The van der Waals surface area contributed by atoms with Crippen molar-refractivity contribution >= 4 is 17.3 Å². The predicted octanol–water partition coefficient (Wildman–Crippen LogP) is 5.17. The SMILES string of the molecule is C=C(N)c1ccc(Oc2ccc(Cl)c(C(C)(F)F)c2)cc1. The molecule has 0 unspecified atom stereocenters. The third kappa shape index (κ3) is 3.73. The van der Waals surface area contributed by atoms with Gasteiger partial charge in [-0.3, -0.25) is 0 Å². The van der Waals surface area contributed by atoms with Crippen molar-refractivity contribution in [3.8, 4) is 11.5 Å². The van der Waals surface area contributed by atoms with Gasteiger partial charge < -0.3 is 10.5 Å². The average Bonchev–Trinajstić information content (AvgIpc) is 2.40. The number of halogens is 3. The standard InChI is InChI=1S/C16H14ClF2NO/c1-10(20)11-3-5-12(6-4-11)21-13-7-8-15(17)14(9-13)16(2,18)19/h3-9H,1,20H2,2H3. The molecule has 2 N–H and O–H groups in total. The van der Waals surface area contributed by atoms with Crippen molar-refractivity contribution in [3.05, 3.63) is 65.2 Å². The number of nitrogens with two attached hydrogens (primary N) is 1. The van der Waals surface area contributed by atoms with Crippen LogP contribution in [-0.4, -0.2) is 0 Å². The van der Waals surface area contributed by atoms with Crippen LogP contribution in [0.4, 0.5) is 8.78 Å². The van der Waals surface area contributed by atoms with Crippen LogP contribution in [0.2, 0.25) is 5.02 Å². The molecule has 0 amide bonds. The predicted molar refractivity (Wildman–Crippen MR) is 80.8 cm³/mol. The Morgan fingerprint density at radius 1 is 1.14 bits per heavy atom. The van der Waals surface area contributed by atoms with E-state index in [-0.39, 0.29) is 16.3 Å². The van der Waals surface area contributed by atoms with Gasteiger partial charge in [-0.1, -0.05) is 18.2 Å². The minimum absolute atomic E-state index is 0.00429. The summed E-state index contributed by atoms with van der Waals surface area (Å²) in [4.78, 5) is 0. The Bertz CT molecular complexity index is 663. The van der Waals surface area contributed by atoms with E-state index < -0.39 is 5.92 Å². The molecule has 2 rings (SSSR count). The van der Waals surface area contributed by atoms with Gasteiger partial charge in [-0.2, -0.15) is 0 Å². The summed E-state index contributed by atoms with van der Waals surface area (Å²) in [6.07, 6.45) is 0. The molecule has 0 fully saturated rings. The molecule has 0 saturated heterocycles. The lowest BCUT2D eigenvalue weighted by atomic mass is 10.1. The molecule has 0 aliphatic rings. The lowest BCUT2D eigenvalue weighted by Gasteiger charge is -2.14. The van der Waals surface area contributed by atoms with Gasteiger partial charge in [0, 0.05) is 23.2 Å². The second-order valence-electron chi connectivity index (χ2n) is 4.68. The van der Waals surface area contributed by atoms with E-state index in [1.54, 1.807) is 24.3 Å². The van der Waals surface area contributed by atoms with Crippen molar-refractivity contribution in [2.75, 3.05) is 0 Å². The minimum atomic E-state index is -3.03. The number of ether oxygens (including phenoxy) is 1. The maximum absolute atomic E-state index is 13.4. The Hall–Kier alpha value is -2.07. The van der Waals surface area contributed by atoms with Gasteiger partial charge in [-0.05, 0) is 48.0 Å². The summed E-state index contributed by atoms with van der Waals surface area (Å²) in [6, 6.07) is 11.0. The van der Waals surface area contributed by atoms with Gasteiger partial charge in [-0.15, -0.1) is 0 Å². The molecule has 0 aromatic heterocycles. The van der Waals surface area contributed by atoms with Crippen molar-refractivity contribution in [1.29, 1.82) is 0 Å². The molecule has 0 heterocycles. The Morgan fingerprint density at radius 2 is 1.71 bits per heavy atom. The summed E-state index contributed by atoms with van der Waals surface area (Å²) >= 11 is 5.78. The van der Waals surface area contributed by atoms with Crippen LogP contribution in [0.3, 0.4) is 0 Å². The van der Waals surface area contributed by atoms with Crippen molar-refractivity contribution in [2.45, 2.75) is 12.8 Å². The molecule has 0 atom stereocenters. The highest BCUT2D eigenvalue weighted by atomic mass is 35.5. The van der Waals surface area contributed by atoms with Crippen LogP contribution >= 0.6 is 11.6 Å². The first-order valence-electron chi connectivity index (χ1n) is 6.18. The molecular weight excluding hydrogens is 296 g/mol. The molecule has 0 aliphatic carbocycles. The van der Waals surface area contributed by atoms with Crippen LogP contribution in [0.15, 0.2) is 49.0 Å². The molecule has 0 saturated carbocycles. The van der Waals surface area contributed by atoms with Crippen LogP contribution in [0.5, 0.6) is 11.5 Å². The molecule has 2 aromatic rings. The fraction of sp³-hybridized carbons (Fsp3) is 0.125. The minimum Gasteiger partial charge on any atom is -0.457 e. The first-order chi connectivity index (χ1) is 9.77. The van der Waals surface area contributed by atoms with E-state index >= 15 is 0 Å². The van der Waals surface area contributed by atoms with E-state index in [4.69, 9.17) is 22.1 Å². The zero-order valence-electron chi connectivity index (χ0n) is 11.4. The van der Waals surface area contributed by atoms with Crippen LogP contribution < -0.4 is 10.5 Å². The van der Waals surface area contributed by atoms with E-state index in [1.807, 2.05) is 0 Å². The van der Waals surface area contributed by atoms with E-state index in [0.717, 1.165) is 12.5 Å². The van der Waals surface area contributed by atoms with Crippen LogP contribution in [0.1, 0.15) is 18.1 Å². The smallest absolute Gasteiger partial charge is 0.272 e. The van der Waals surface area contributed by atoms with Crippen LogP contribution in [0, 0.1) is 0 Å². The lowest BCUT2D eigenvalue weighted by molar-refractivity contribution is 0.0174. The third-order valence-corrected chi connectivity index (χ3v) is 3.20. The van der Waals surface area contributed by atoms with Gasteiger partial charge in [0.05, 0.1) is 0 Å². The monoisotopic (exact) mass is 309 g/mol. The van der Waals surface area contributed by atoms with Gasteiger partial charge in [0.1, 0.15) is 11.5 Å². The molecule has 21 heavy (non-hydrogen) atoms. The first-order valence-corrected chi connectivity index (χ1v) is 6.55. The fourth-order valence-corrected chi connectivity index (χ4v) is 2.06. The third-order valence-electron chi connectivity index (χ3n) is 2.87. The Kier molecular flexibility index (Phi) is 4.19. The summed E-state index contributed by atoms with van der Waals surface area (Å²) in [5.74, 6) is -2.24. The molecule has 110 valence electrons. The van der Waals surface area contributed by atoms with Crippen LogP contribution in [-0.2, 0) is 5.92 Å². The van der Waals surface area contributed by atoms with E-state index in [1.165, 1.54) is 18.2 Å². The van der Waals surface area contributed by atoms with Crippen molar-refractivity contribution in [3.63, 3.8) is 0 Å². The topological polar surface area (TPSA) is 35.2 Å². The zero-order valence-corrected chi connectivity index (χ0v) is 12.1. The Labute approximate surface area is 126 Å². The number of hydrogen-bond acceptors (Lipinski definition) is 2. The van der Waals surface area contributed by atoms with E-state index in [0.29, 0.717) is 11.4 Å². The largest absolute Gasteiger partial charge is 0.457 e. The van der Waals surface area contributed by atoms with Gasteiger partial charge in [0.2, 0.25) is 0 Å². The Balaban J connectivity index is 2.26. The maximum atomic E-state index is 13.4.